The molecule has 0 spiro atoms. The minimum atomic E-state index is -1.02. The van der Waals surface area contributed by atoms with Crippen molar-refractivity contribution in [2.45, 2.75) is 44.7 Å². The van der Waals surface area contributed by atoms with E-state index in [0.29, 0.717) is 6.04 Å². The molecule has 0 aliphatic heterocycles. The number of nitrogens with one attached hydrogen (secondary N) is 1. The van der Waals surface area contributed by atoms with Gasteiger partial charge in [0.15, 0.2) is 0 Å². The van der Waals surface area contributed by atoms with Crippen LogP contribution >= 0.6 is 11.8 Å². The molecule has 5 nitrogen and oxygen atoms in total. The third-order valence-electron chi connectivity index (χ3n) is 3.23. The Hall–Kier alpha value is -0.750. The lowest BCUT2D eigenvalue weighted by molar-refractivity contribution is -0.138. The zero-order valence-corrected chi connectivity index (χ0v) is 11.5. The largest absolute Gasteiger partial charge is 0.480 e. The molecule has 1 rings (SSSR count). The molecule has 1 aliphatic rings. The van der Waals surface area contributed by atoms with Crippen LogP contribution in [0, 0.1) is 5.92 Å². The molecule has 1 unspecified atom stereocenters. The van der Waals surface area contributed by atoms with Crippen molar-refractivity contribution in [1.82, 2.24) is 5.32 Å². The Morgan fingerprint density at radius 3 is 2.56 bits per heavy atom. The molecule has 0 aromatic carbocycles. The van der Waals surface area contributed by atoms with Crippen molar-refractivity contribution < 1.29 is 14.7 Å². The van der Waals surface area contributed by atoms with E-state index in [1.165, 1.54) is 24.6 Å². The predicted octanol–water partition coefficient (Wildman–Crippen LogP) is 0.826. The van der Waals surface area contributed by atoms with Crippen molar-refractivity contribution in [3.63, 3.8) is 0 Å². The van der Waals surface area contributed by atoms with E-state index in [9.17, 15) is 9.59 Å². The average Bonchev–Trinajstić information content (AvgIpc) is 2.32. The second-order valence-corrected chi connectivity index (χ2v) is 6.01. The summed E-state index contributed by atoms with van der Waals surface area (Å²) in [6, 6.07) is -0.597. The number of carbonyl (C=O) groups is 2. The van der Waals surface area contributed by atoms with E-state index in [2.05, 4.69) is 12.2 Å². The second-order valence-electron chi connectivity index (χ2n) is 4.98. The van der Waals surface area contributed by atoms with E-state index in [1.54, 1.807) is 0 Å². The number of thioether (sulfide) groups is 1. The van der Waals surface area contributed by atoms with Gasteiger partial charge in [0.2, 0.25) is 5.91 Å². The fourth-order valence-corrected chi connectivity index (χ4v) is 2.81. The summed E-state index contributed by atoms with van der Waals surface area (Å²) in [5.74, 6) is 0.278. The number of carbonyl (C=O) groups excluding carboxylic acids is 1. The zero-order valence-electron chi connectivity index (χ0n) is 10.7. The van der Waals surface area contributed by atoms with Gasteiger partial charge in [0.1, 0.15) is 6.04 Å². The Morgan fingerprint density at radius 2 is 2.00 bits per heavy atom. The summed E-state index contributed by atoms with van der Waals surface area (Å²) in [4.78, 5) is 22.1. The van der Waals surface area contributed by atoms with Gasteiger partial charge in [0, 0.05) is 11.8 Å². The van der Waals surface area contributed by atoms with Crippen molar-refractivity contribution in [3.05, 3.63) is 0 Å². The molecule has 0 heterocycles. The first-order chi connectivity index (χ1) is 8.49. The van der Waals surface area contributed by atoms with Crippen molar-refractivity contribution in [1.29, 1.82) is 0 Å². The highest BCUT2D eigenvalue weighted by atomic mass is 32.2. The predicted molar refractivity (Wildman–Crippen MR) is 72.5 cm³/mol. The highest BCUT2D eigenvalue weighted by Gasteiger charge is 2.20. The van der Waals surface area contributed by atoms with Gasteiger partial charge in [-0.3, -0.25) is 9.59 Å². The molecule has 0 aromatic rings. The molecule has 1 amide bonds. The van der Waals surface area contributed by atoms with Crippen LogP contribution in [0.2, 0.25) is 0 Å². The number of hydrogen-bond donors (Lipinski definition) is 3. The smallest absolute Gasteiger partial charge is 0.321 e. The Kier molecular flexibility index (Phi) is 6.49. The normalized spacial score (nSPS) is 25.4. The van der Waals surface area contributed by atoms with Crippen LogP contribution in [-0.2, 0) is 9.59 Å². The molecular formula is C12H22N2O3S. The molecule has 4 N–H and O–H groups in total. The van der Waals surface area contributed by atoms with E-state index in [-0.39, 0.29) is 17.4 Å². The third-order valence-corrected chi connectivity index (χ3v) is 4.29. The van der Waals surface area contributed by atoms with Crippen molar-refractivity contribution in [2.75, 3.05) is 11.5 Å². The van der Waals surface area contributed by atoms with Crippen molar-refractivity contribution in [2.24, 2.45) is 11.7 Å². The summed E-state index contributed by atoms with van der Waals surface area (Å²) >= 11 is 1.27. The van der Waals surface area contributed by atoms with Gasteiger partial charge in [0.25, 0.3) is 0 Å². The number of carboxylic acid groups (broad SMARTS) is 1. The van der Waals surface area contributed by atoms with Crippen LogP contribution in [0.5, 0.6) is 0 Å². The Labute approximate surface area is 112 Å². The van der Waals surface area contributed by atoms with Crippen LogP contribution in [0.15, 0.2) is 0 Å². The monoisotopic (exact) mass is 274 g/mol. The highest BCUT2D eigenvalue weighted by Crippen LogP contribution is 2.23. The summed E-state index contributed by atoms with van der Waals surface area (Å²) in [5, 5.41) is 11.6. The van der Waals surface area contributed by atoms with E-state index in [1.807, 2.05) is 0 Å². The highest BCUT2D eigenvalue weighted by molar-refractivity contribution is 8.00. The molecule has 1 atom stereocenters. The lowest BCUT2D eigenvalue weighted by atomic mass is 9.87. The van der Waals surface area contributed by atoms with Gasteiger partial charge in [-0.15, -0.1) is 11.8 Å². The van der Waals surface area contributed by atoms with Crippen LogP contribution < -0.4 is 11.1 Å². The van der Waals surface area contributed by atoms with Gasteiger partial charge in [-0.1, -0.05) is 6.92 Å². The van der Waals surface area contributed by atoms with Crippen molar-refractivity contribution >= 4 is 23.6 Å². The third kappa shape index (κ3) is 5.73. The van der Waals surface area contributed by atoms with Gasteiger partial charge in [0.05, 0.1) is 5.75 Å². The fourth-order valence-electron chi connectivity index (χ4n) is 2.02. The molecule has 6 heteroatoms. The Bertz CT molecular complexity index is 291. The molecule has 0 aromatic heterocycles. The maximum atomic E-state index is 11.6. The van der Waals surface area contributed by atoms with Crippen molar-refractivity contribution in [3.8, 4) is 0 Å². The molecule has 0 radical (unpaired) electrons. The molecule has 0 bridgehead atoms. The zero-order chi connectivity index (χ0) is 13.5. The number of amides is 1. The number of carboxylic acids is 1. The first-order valence-electron chi connectivity index (χ1n) is 6.34. The number of aliphatic carboxylic acids is 1. The molecule has 0 saturated heterocycles. The van der Waals surface area contributed by atoms with Crippen LogP contribution in [-0.4, -0.2) is 40.6 Å². The fraction of sp³-hybridized carbons (Fsp3) is 0.833. The first kappa shape index (κ1) is 15.3. The van der Waals surface area contributed by atoms with E-state index in [4.69, 9.17) is 10.8 Å². The van der Waals surface area contributed by atoms with Gasteiger partial charge < -0.3 is 16.2 Å². The number of hydrogen-bond acceptors (Lipinski definition) is 4. The van der Waals surface area contributed by atoms with Gasteiger partial charge in [-0.05, 0) is 31.6 Å². The minimum Gasteiger partial charge on any atom is -0.480 e. The van der Waals surface area contributed by atoms with Gasteiger partial charge in [-0.25, -0.2) is 0 Å². The van der Waals surface area contributed by atoms with Crippen LogP contribution in [0.1, 0.15) is 32.6 Å². The van der Waals surface area contributed by atoms with Crippen LogP contribution in [0.3, 0.4) is 0 Å². The van der Waals surface area contributed by atoms with E-state index < -0.39 is 12.0 Å². The molecule has 104 valence electrons. The van der Waals surface area contributed by atoms with E-state index in [0.717, 1.165) is 18.8 Å². The van der Waals surface area contributed by atoms with E-state index >= 15 is 0 Å². The molecular weight excluding hydrogens is 252 g/mol. The first-order valence-corrected chi connectivity index (χ1v) is 7.50. The Morgan fingerprint density at radius 1 is 1.39 bits per heavy atom. The summed E-state index contributed by atoms with van der Waals surface area (Å²) in [6.07, 6.45) is 4.43. The second kappa shape index (κ2) is 7.63. The average molecular weight is 274 g/mol. The lowest BCUT2D eigenvalue weighted by Crippen LogP contribution is -2.39. The number of nitrogens with two attached hydrogens (primary N) is 1. The topological polar surface area (TPSA) is 92.4 Å². The summed E-state index contributed by atoms with van der Waals surface area (Å²) in [5.41, 5.74) is 5.35. The summed E-state index contributed by atoms with van der Waals surface area (Å²) < 4.78 is 0. The lowest BCUT2D eigenvalue weighted by Gasteiger charge is -2.26. The molecule has 1 saturated carbocycles. The molecule has 1 fully saturated rings. The molecule has 18 heavy (non-hydrogen) atoms. The SMILES string of the molecule is CC1CCC(NC(=O)CSCC(N)C(=O)O)CC1. The Balaban J connectivity index is 2.12. The minimum absolute atomic E-state index is 0.0165. The van der Waals surface area contributed by atoms with Gasteiger partial charge >= 0.3 is 5.97 Å². The van der Waals surface area contributed by atoms with Crippen LogP contribution in [0.4, 0.5) is 0 Å². The summed E-state index contributed by atoms with van der Waals surface area (Å²) in [7, 11) is 0. The quantitative estimate of drug-likeness (QED) is 0.667. The van der Waals surface area contributed by atoms with Crippen LogP contribution in [0.25, 0.3) is 0 Å². The maximum absolute atomic E-state index is 11.6. The van der Waals surface area contributed by atoms with Gasteiger partial charge in [-0.2, -0.15) is 0 Å². The maximum Gasteiger partial charge on any atom is 0.321 e. The number of rotatable bonds is 6. The standard InChI is InChI=1S/C12H22N2O3S/c1-8-2-4-9(5-3-8)14-11(15)7-18-6-10(13)12(16)17/h8-10H,2-7,13H2,1H3,(H,14,15)(H,16,17). The molecule has 1 aliphatic carbocycles. The summed E-state index contributed by atoms with van der Waals surface area (Å²) in [6.45, 7) is 2.24.